The van der Waals surface area contributed by atoms with Gasteiger partial charge in [-0.25, -0.2) is 4.39 Å². The summed E-state index contributed by atoms with van der Waals surface area (Å²) in [6.07, 6.45) is 2.38. The lowest BCUT2D eigenvalue weighted by Gasteiger charge is -2.18. The molecular weight excluding hydrogens is 265 g/mol. The number of halogens is 1. The lowest BCUT2D eigenvalue weighted by atomic mass is 9.96. The first-order valence-electron chi connectivity index (χ1n) is 6.82. The van der Waals surface area contributed by atoms with E-state index in [1.54, 1.807) is 12.3 Å². The minimum atomic E-state index is -0.233. The highest BCUT2D eigenvalue weighted by Gasteiger charge is 2.14. The van der Waals surface area contributed by atoms with Crippen LogP contribution in [0.3, 0.4) is 0 Å². The van der Waals surface area contributed by atoms with E-state index in [0.29, 0.717) is 6.42 Å². The van der Waals surface area contributed by atoms with Gasteiger partial charge >= 0.3 is 0 Å². The number of hydrogen-bond donors (Lipinski definition) is 2. The molecule has 3 aromatic rings. The molecule has 1 atom stereocenters. The third-order valence-corrected chi connectivity index (χ3v) is 3.59. The molecular formula is C17H16FN3. The van der Waals surface area contributed by atoms with Crippen molar-refractivity contribution in [3.05, 3.63) is 77.7 Å². The molecule has 21 heavy (non-hydrogen) atoms. The van der Waals surface area contributed by atoms with Crippen LogP contribution in [0.15, 0.2) is 60.8 Å². The Kier molecular flexibility index (Phi) is 3.90. The molecule has 0 saturated heterocycles. The first-order chi connectivity index (χ1) is 10.3. The molecule has 0 saturated carbocycles. The molecule has 0 aliphatic heterocycles. The number of pyridine rings is 1. The number of para-hydroxylation sites is 1. The first kappa shape index (κ1) is 13.7. The van der Waals surface area contributed by atoms with E-state index in [2.05, 4.69) is 10.4 Å². The van der Waals surface area contributed by atoms with Crippen LogP contribution >= 0.6 is 0 Å². The van der Waals surface area contributed by atoms with Crippen molar-refractivity contribution >= 4 is 10.9 Å². The fraction of sp³-hybridized carbons (Fsp3) is 0.118. The van der Waals surface area contributed by atoms with Crippen molar-refractivity contribution < 1.29 is 4.39 Å². The van der Waals surface area contributed by atoms with Crippen LogP contribution in [0.2, 0.25) is 0 Å². The van der Waals surface area contributed by atoms with E-state index in [-0.39, 0.29) is 11.9 Å². The second kappa shape index (κ2) is 5.99. The van der Waals surface area contributed by atoms with E-state index in [4.69, 9.17) is 5.84 Å². The van der Waals surface area contributed by atoms with Crippen LogP contribution in [-0.4, -0.2) is 4.98 Å². The number of nitrogens with two attached hydrogens (primary N) is 1. The van der Waals surface area contributed by atoms with Crippen LogP contribution < -0.4 is 11.3 Å². The number of fused-ring (bicyclic) bond motifs is 1. The molecule has 0 spiro atoms. The molecule has 0 radical (unpaired) electrons. The Hall–Kier alpha value is -2.30. The summed E-state index contributed by atoms with van der Waals surface area (Å²) in [5.41, 5.74) is 5.72. The van der Waals surface area contributed by atoms with Crippen LogP contribution in [-0.2, 0) is 6.42 Å². The van der Waals surface area contributed by atoms with Crippen molar-refractivity contribution in [3.63, 3.8) is 0 Å². The molecule has 0 bridgehead atoms. The number of aromatic nitrogens is 1. The van der Waals surface area contributed by atoms with Crippen molar-refractivity contribution in [2.24, 2.45) is 5.84 Å². The summed E-state index contributed by atoms with van der Waals surface area (Å²) in [4.78, 5) is 4.35. The summed E-state index contributed by atoms with van der Waals surface area (Å²) in [5.74, 6) is 5.48. The third-order valence-electron chi connectivity index (χ3n) is 3.59. The molecule has 0 aliphatic rings. The molecule has 1 heterocycles. The maximum atomic E-state index is 13.3. The van der Waals surface area contributed by atoms with E-state index < -0.39 is 0 Å². The number of hydrogen-bond acceptors (Lipinski definition) is 3. The zero-order valence-electron chi connectivity index (χ0n) is 11.5. The number of benzene rings is 2. The first-order valence-corrected chi connectivity index (χ1v) is 6.82. The van der Waals surface area contributed by atoms with E-state index in [1.165, 1.54) is 12.1 Å². The fourth-order valence-corrected chi connectivity index (χ4v) is 2.58. The van der Waals surface area contributed by atoms with Crippen molar-refractivity contribution in [3.8, 4) is 0 Å². The zero-order chi connectivity index (χ0) is 14.7. The Morgan fingerprint density at radius 2 is 1.95 bits per heavy atom. The fourth-order valence-electron chi connectivity index (χ4n) is 2.58. The smallest absolute Gasteiger partial charge is 0.123 e. The summed E-state index contributed by atoms with van der Waals surface area (Å²) in [6.45, 7) is 0. The van der Waals surface area contributed by atoms with Gasteiger partial charge in [0.15, 0.2) is 0 Å². The van der Waals surface area contributed by atoms with Gasteiger partial charge in [0, 0.05) is 11.6 Å². The normalized spacial score (nSPS) is 12.5. The highest BCUT2D eigenvalue weighted by molar-refractivity contribution is 5.82. The van der Waals surface area contributed by atoms with E-state index >= 15 is 0 Å². The van der Waals surface area contributed by atoms with Gasteiger partial charge in [0.1, 0.15) is 5.82 Å². The maximum Gasteiger partial charge on any atom is 0.123 e. The van der Waals surface area contributed by atoms with Crippen molar-refractivity contribution in [2.75, 3.05) is 0 Å². The Labute approximate surface area is 122 Å². The van der Waals surface area contributed by atoms with E-state index in [1.807, 2.05) is 36.4 Å². The van der Waals surface area contributed by atoms with Gasteiger partial charge in [-0.05, 0) is 41.8 Å². The van der Waals surface area contributed by atoms with Gasteiger partial charge in [-0.2, -0.15) is 0 Å². The van der Waals surface area contributed by atoms with Crippen LogP contribution in [0.1, 0.15) is 17.2 Å². The molecule has 1 aromatic heterocycles. The Balaban J connectivity index is 1.98. The molecule has 0 amide bonds. The van der Waals surface area contributed by atoms with Gasteiger partial charge in [-0.1, -0.05) is 30.3 Å². The largest absolute Gasteiger partial charge is 0.271 e. The third kappa shape index (κ3) is 2.91. The zero-order valence-corrected chi connectivity index (χ0v) is 11.5. The molecule has 4 heteroatoms. The number of nitrogens with one attached hydrogen (secondary N) is 1. The van der Waals surface area contributed by atoms with Crippen molar-refractivity contribution in [1.29, 1.82) is 0 Å². The van der Waals surface area contributed by atoms with Gasteiger partial charge in [0.25, 0.3) is 0 Å². The molecule has 0 fully saturated rings. The number of nitrogens with zero attached hydrogens (tertiary/aromatic N) is 1. The minimum Gasteiger partial charge on any atom is -0.271 e. The molecule has 106 valence electrons. The SMILES string of the molecule is NNC(Cc1cccc(F)c1)c1ccnc2ccccc12. The van der Waals surface area contributed by atoms with Crippen molar-refractivity contribution in [1.82, 2.24) is 10.4 Å². The summed E-state index contributed by atoms with van der Waals surface area (Å²) in [5, 5.41) is 1.05. The van der Waals surface area contributed by atoms with Crippen LogP contribution in [0.25, 0.3) is 10.9 Å². The number of hydrazine groups is 1. The molecule has 2 aromatic carbocycles. The minimum absolute atomic E-state index is 0.0975. The molecule has 0 aliphatic carbocycles. The molecule has 1 unspecified atom stereocenters. The van der Waals surface area contributed by atoms with E-state index in [0.717, 1.165) is 22.0 Å². The summed E-state index contributed by atoms with van der Waals surface area (Å²) in [7, 11) is 0. The Morgan fingerprint density at radius 1 is 1.10 bits per heavy atom. The average molecular weight is 281 g/mol. The molecule has 3 rings (SSSR count). The van der Waals surface area contributed by atoms with Gasteiger partial charge in [-0.15, -0.1) is 0 Å². The molecule has 3 N–H and O–H groups in total. The lowest BCUT2D eigenvalue weighted by molar-refractivity contribution is 0.551. The summed E-state index contributed by atoms with van der Waals surface area (Å²) >= 11 is 0. The summed E-state index contributed by atoms with van der Waals surface area (Å²) in [6, 6.07) is 16.4. The Bertz CT molecular complexity index is 752. The van der Waals surface area contributed by atoms with E-state index in [9.17, 15) is 4.39 Å². The standard InChI is InChI=1S/C17H16FN3/c18-13-5-3-4-12(10-13)11-17(21-19)15-8-9-20-16-7-2-1-6-14(15)16/h1-10,17,21H,11,19H2. The Morgan fingerprint density at radius 3 is 2.76 bits per heavy atom. The highest BCUT2D eigenvalue weighted by Crippen LogP contribution is 2.25. The second-order valence-corrected chi connectivity index (χ2v) is 4.97. The topological polar surface area (TPSA) is 50.9 Å². The van der Waals surface area contributed by atoms with Crippen molar-refractivity contribution in [2.45, 2.75) is 12.5 Å². The quantitative estimate of drug-likeness (QED) is 0.570. The second-order valence-electron chi connectivity index (χ2n) is 4.97. The average Bonchev–Trinajstić information content (AvgIpc) is 2.52. The lowest BCUT2D eigenvalue weighted by Crippen LogP contribution is -2.29. The monoisotopic (exact) mass is 281 g/mol. The number of rotatable bonds is 4. The maximum absolute atomic E-state index is 13.3. The highest BCUT2D eigenvalue weighted by atomic mass is 19.1. The van der Waals surface area contributed by atoms with Gasteiger partial charge < -0.3 is 0 Å². The van der Waals surface area contributed by atoms with Crippen LogP contribution in [0, 0.1) is 5.82 Å². The van der Waals surface area contributed by atoms with Gasteiger partial charge in [0.2, 0.25) is 0 Å². The summed E-state index contributed by atoms with van der Waals surface area (Å²) < 4.78 is 13.3. The van der Waals surface area contributed by atoms with Gasteiger partial charge in [0.05, 0.1) is 11.6 Å². The van der Waals surface area contributed by atoms with Gasteiger partial charge in [-0.3, -0.25) is 16.3 Å². The molecule has 3 nitrogen and oxygen atoms in total. The predicted molar refractivity (Wildman–Crippen MR) is 81.9 cm³/mol. The van der Waals surface area contributed by atoms with Crippen LogP contribution in [0.5, 0.6) is 0 Å². The predicted octanol–water partition coefficient (Wildman–Crippen LogP) is 3.12. The van der Waals surface area contributed by atoms with Crippen LogP contribution in [0.4, 0.5) is 4.39 Å².